The van der Waals surface area contributed by atoms with Gasteiger partial charge in [0, 0.05) is 24.4 Å². The first-order valence-corrected chi connectivity index (χ1v) is 11.4. The number of rotatable bonds is 8. The van der Waals surface area contributed by atoms with Crippen LogP contribution in [0.15, 0.2) is 71.5 Å². The average molecular weight is 418 g/mol. The molecule has 0 unspecified atom stereocenters. The van der Waals surface area contributed by atoms with Crippen molar-refractivity contribution in [3.8, 4) is 10.4 Å². The third-order valence-corrected chi connectivity index (χ3v) is 6.61. The van der Waals surface area contributed by atoms with Crippen molar-refractivity contribution < 1.29 is 0 Å². The van der Waals surface area contributed by atoms with E-state index in [0.717, 1.165) is 46.1 Å². The fourth-order valence-electron chi connectivity index (χ4n) is 3.73. The second-order valence-corrected chi connectivity index (χ2v) is 8.40. The fourth-order valence-corrected chi connectivity index (χ4v) is 4.77. The number of nitrogens with zero attached hydrogens (tertiary/aromatic N) is 3. The molecular weight excluding hydrogens is 390 g/mol. The Morgan fingerprint density at radius 1 is 0.967 bits per heavy atom. The molecule has 0 saturated heterocycles. The molecular formula is C25H27N3OS. The summed E-state index contributed by atoms with van der Waals surface area (Å²) in [7, 11) is 0. The standard InChI is InChI=1S/C25H27N3OS/c1-3-27(4-2)15-16-28-23(17-19-11-7-5-8-12-19)26-24-21(25(28)29)18-22(30-24)20-13-9-6-10-14-20/h5-14,18H,3-4,15-17H2,1-2H3. The van der Waals surface area contributed by atoms with E-state index in [-0.39, 0.29) is 5.56 Å². The molecule has 4 aromatic rings. The summed E-state index contributed by atoms with van der Waals surface area (Å²) >= 11 is 1.60. The molecule has 2 heterocycles. The summed E-state index contributed by atoms with van der Waals surface area (Å²) in [6, 6.07) is 22.5. The van der Waals surface area contributed by atoms with Gasteiger partial charge in [-0.25, -0.2) is 4.98 Å². The van der Waals surface area contributed by atoms with Crippen LogP contribution in [0.25, 0.3) is 20.7 Å². The second-order valence-electron chi connectivity index (χ2n) is 7.37. The Hall–Kier alpha value is -2.76. The van der Waals surface area contributed by atoms with Gasteiger partial charge in [-0.05, 0) is 30.3 Å². The number of thiophene rings is 1. The summed E-state index contributed by atoms with van der Waals surface area (Å²) in [5.74, 6) is 0.840. The van der Waals surface area contributed by atoms with Gasteiger partial charge in [0.2, 0.25) is 0 Å². The van der Waals surface area contributed by atoms with E-state index in [0.29, 0.717) is 13.0 Å². The van der Waals surface area contributed by atoms with Crippen molar-refractivity contribution >= 4 is 21.6 Å². The Labute approximate surface area is 181 Å². The van der Waals surface area contributed by atoms with Crippen LogP contribution in [0, 0.1) is 0 Å². The molecule has 5 heteroatoms. The van der Waals surface area contributed by atoms with Gasteiger partial charge in [0.05, 0.1) is 5.39 Å². The van der Waals surface area contributed by atoms with Crippen molar-refractivity contribution in [3.05, 3.63) is 88.5 Å². The zero-order valence-corrected chi connectivity index (χ0v) is 18.4. The lowest BCUT2D eigenvalue weighted by Crippen LogP contribution is -2.33. The molecule has 2 aromatic heterocycles. The average Bonchev–Trinajstić information content (AvgIpc) is 3.22. The third kappa shape index (κ3) is 4.37. The highest BCUT2D eigenvalue weighted by molar-refractivity contribution is 7.21. The predicted molar refractivity (Wildman–Crippen MR) is 126 cm³/mol. The van der Waals surface area contributed by atoms with Crippen LogP contribution in [0.5, 0.6) is 0 Å². The molecule has 0 radical (unpaired) electrons. The monoisotopic (exact) mass is 417 g/mol. The predicted octanol–water partition coefficient (Wildman–Crippen LogP) is 5.06. The van der Waals surface area contributed by atoms with E-state index in [1.54, 1.807) is 11.3 Å². The van der Waals surface area contributed by atoms with Gasteiger partial charge in [0.15, 0.2) is 0 Å². The van der Waals surface area contributed by atoms with Crippen molar-refractivity contribution in [1.82, 2.24) is 14.5 Å². The molecule has 154 valence electrons. The highest BCUT2D eigenvalue weighted by Crippen LogP contribution is 2.31. The third-order valence-electron chi connectivity index (χ3n) is 5.53. The van der Waals surface area contributed by atoms with Gasteiger partial charge < -0.3 is 4.90 Å². The number of fused-ring (bicyclic) bond motifs is 1. The van der Waals surface area contributed by atoms with Crippen LogP contribution in [0.1, 0.15) is 25.2 Å². The van der Waals surface area contributed by atoms with E-state index in [9.17, 15) is 4.79 Å². The largest absolute Gasteiger partial charge is 0.302 e. The fraction of sp³-hybridized carbons (Fsp3) is 0.280. The van der Waals surface area contributed by atoms with E-state index < -0.39 is 0 Å². The van der Waals surface area contributed by atoms with Crippen molar-refractivity contribution in [2.45, 2.75) is 26.8 Å². The molecule has 0 fully saturated rings. The Morgan fingerprint density at radius 3 is 2.30 bits per heavy atom. The second kappa shape index (κ2) is 9.37. The first-order valence-electron chi connectivity index (χ1n) is 10.5. The van der Waals surface area contributed by atoms with Gasteiger partial charge in [-0.3, -0.25) is 9.36 Å². The Kier molecular flexibility index (Phi) is 6.41. The molecule has 0 N–H and O–H groups in total. The van der Waals surface area contributed by atoms with Gasteiger partial charge in [-0.15, -0.1) is 11.3 Å². The number of hydrogen-bond acceptors (Lipinski definition) is 4. The van der Waals surface area contributed by atoms with Crippen LogP contribution in [-0.4, -0.2) is 34.1 Å². The van der Waals surface area contributed by atoms with Crippen LogP contribution in [0.4, 0.5) is 0 Å². The summed E-state index contributed by atoms with van der Waals surface area (Å²) in [6.07, 6.45) is 0.656. The first kappa shape index (κ1) is 20.5. The molecule has 0 amide bonds. The summed E-state index contributed by atoms with van der Waals surface area (Å²) in [5.41, 5.74) is 2.36. The van der Waals surface area contributed by atoms with Crippen molar-refractivity contribution in [3.63, 3.8) is 0 Å². The summed E-state index contributed by atoms with van der Waals surface area (Å²) in [4.78, 5) is 22.7. The lowest BCUT2D eigenvalue weighted by molar-refractivity contribution is 0.287. The molecule has 0 aliphatic rings. The van der Waals surface area contributed by atoms with E-state index in [1.165, 1.54) is 5.56 Å². The smallest absolute Gasteiger partial charge is 0.262 e. The molecule has 30 heavy (non-hydrogen) atoms. The van der Waals surface area contributed by atoms with Crippen LogP contribution in [-0.2, 0) is 13.0 Å². The SMILES string of the molecule is CCN(CC)CCn1c(Cc2ccccc2)nc2sc(-c3ccccc3)cc2c1=O. The maximum atomic E-state index is 13.5. The minimum absolute atomic E-state index is 0.0662. The number of benzene rings is 2. The highest BCUT2D eigenvalue weighted by Gasteiger charge is 2.16. The topological polar surface area (TPSA) is 38.1 Å². The lowest BCUT2D eigenvalue weighted by Gasteiger charge is -2.20. The van der Waals surface area contributed by atoms with Gasteiger partial charge >= 0.3 is 0 Å². The minimum atomic E-state index is 0.0662. The van der Waals surface area contributed by atoms with Gasteiger partial charge in [0.1, 0.15) is 10.7 Å². The minimum Gasteiger partial charge on any atom is -0.302 e. The zero-order chi connectivity index (χ0) is 20.9. The molecule has 4 nitrogen and oxygen atoms in total. The molecule has 2 aromatic carbocycles. The van der Waals surface area contributed by atoms with Gasteiger partial charge in [0.25, 0.3) is 5.56 Å². The molecule has 0 saturated carbocycles. The summed E-state index contributed by atoms with van der Waals surface area (Å²) in [5, 5.41) is 0.718. The maximum absolute atomic E-state index is 13.5. The van der Waals surface area contributed by atoms with Gasteiger partial charge in [-0.2, -0.15) is 0 Å². The summed E-state index contributed by atoms with van der Waals surface area (Å²) < 4.78 is 1.88. The number of aromatic nitrogens is 2. The molecule has 0 bridgehead atoms. The van der Waals surface area contributed by atoms with Crippen molar-refractivity contribution in [1.29, 1.82) is 0 Å². The van der Waals surface area contributed by atoms with Crippen LogP contribution in [0.3, 0.4) is 0 Å². The van der Waals surface area contributed by atoms with Crippen molar-refractivity contribution in [2.24, 2.45) is 0 Å². The summed E-state index contributed by atoms with van der Waals surface area (Å²) in [6.45, 7) is 7.77. The molecule has 0 spiro atoms. The first-order chi connectivity index (χ1) is 14.7. The maximum Gasteiger partial charge on any atom is 0.262 e. The normalized spacial score (nSPS) is 11.4. The number of likely N-dealkylation sites (N-methyl/N-ethyl adjacent to an activating group) is 1. The quantitative estimate of drug-likeness (QED) is 0.402. The highest BCUT2D eigenvalue weighted by atomic mass is 32.1. The van der Waals surface area contributed by atoms with Gasteiger partial charge in [-0.1, -0.05) is 74.5 Å². The Morgan fingerprint density at radius 2 is 1.63 bits per heavy atom. The van der Waals surface area contributed by atoms with Crippen LogP contribution < -0.4 is 5.56 Å². The molecule has 4 rings (SSSR count). The van der Waals surface area contributed by atoms with Crippen LogP contribution in [0.2, 0.25) is 0 Å². The zero-order valence-electron chi connectivity index (χ0n) is 17.5. The molecule has 0 aliphatic carbocycles. The van der Waals surface area contributed by atoms with E-state index in [4.69, 9.17) is 4.98 Å². The van der Waals surface area contributed by atoms with E-state index >= 15 is 0 Å². The molecule has 0 atom stereocenters. The molecule has 0 aliphatic heterocycles. The van der Waals surface area contributed by atoms with E-state index in [2.05, 4.69) is 43.0 Å². The van der Waals surface area contributed by atoms with Crippen LogP contribution >= 0.6 is 11.3 Å². The Balaban J connectivity index is 1.79. The lowest BCUT2D eigenvalue weighted by atomic mass is 10.1. The number of hydrogen-bond donors (Lipinski definition) is 0. The van der Waals surface area contributed by atoms with E-state index in [1.807, 2.05) is 47.0 Å². The Bertz CT molecular complexity index is 1160. The van der Waals surface area contributed by atoms with Crippen molar-refractivity contribution in [2.75, 3.05) is 19.6 Å².